The van der Waals surface area contributed by atoms with E-state index in [-0.39, 0.29) is 18.9 Å². The zero-order valence-corrected chi connectivity index (χ0v) is 22.4. The highest BCUT2D eigenvalue weighted by Gasteiger charge is 2.31. The first-order valence-corrected chi connectivity index (χ1v) is 12.9. The summed E-state index contributed by atoms with van der Waals surface area (Å²) in [6, 6.07) is 11.1. The van der Waals surface area contributed by atoms with Gasteiger partial charge in [0.25, 0.3) is 5.91 Å². The second-order valence-electron chi connectivity index (χ2n) is 7.45. The fourth-order valence-corrected chi connectivity index (χ4v) is 5.37. The second kappa shape index (κ2) is 12.6. The monoisotopic (exact) mass is 583 g/mol. The minimum atomic E-state index is -0.810. The number of ether oxygens (including phenoxy) is 2. The first-order chi connectivity index (χ1) is 16.3. The molecule has 0 atom stereocenters. The lowest BCUT2D eigenvalue weighted by Crippen LogP contribution is -2.29. The number of carbonyl (C=O) groups is 2. The normalized spacial score (nSPS) is 14.7. The number of nitrogens with zero attached hydrogens (tertiary/aromatic N) is 1. The van der Waals surface area contributed by atoms with Crippen LogP contribution in [-0.2, 0) is 16.2 Å². The van der Waals surface area contributed by atoms with Crippen molar-refractivity contribution in [3.8, 4) is 11.5 Å². The summed E-state index contributed by atoms with van der Waals surface area (Å²) in [5, 5.41) is 9.35. The number of thioether (sulfide) groups is 1. The van der Waals surface area contributed by atoms with E-state index in [1.165, 1.54) is 11.8 Å². The fraction of sp³-hybridized carbons (Fsp3) is 0.292. The van der Waals surface area contributed by atoms with Gasteiger partial charge in [-0.15, -0.1) is 0 Å². The molecule has 0 radical (unpaired) electrons. The van der Waals surface area contributed by atoms with Gasteiger partial charge in [-0.25, -0.2) is 0 Å². The second-order valence-corrected chi connectivity index (χ2v) is 10.4. The highest BCUT2D eigenvalue weighted by atomic mass is 79.9. The lowest BCUT2D eigenvalue weighted by atomic mass is 10.1. The largest absolute Gasteiger partial charge is 0.493 e. The first kappa shape index (κ1) is 26.5. The quantitative estimate of drug-likeness (QED) is 0.183. The van der Waals surface area contributed by atoms with Gasteiger partial charge in [-0.3, -0.25) is 14.5 Å². The Labute approximate surface area is 221 Å². The van der Waals surface area contributed by atoms with E-state index >= 15 is 0 Å². The molecular weight excluding hydrogens is 562 g/mol. The van der Waals surface area contributed by atoms with Crippen LogP contribution in [-0.4, -0.2) is 39.9 Å². The van der Waals surface area contributed by atoms with Crippen molar-refractivity contribution in [1.29, 1.82) is 0 Å². The molecule has 2 aromatic rings. The molecule has 180 valence electrons. The molecule has 0 aromatic heterocycles. The lowest BCUT2D eigenvalue weighted by Gasteiger charge is -2.14. The summed E-state index contributed by atoms with van der Waals surface area (Å²) in [4.78, 5) is 25.6. The number of benzene rings is 2. The minimum Gasteiger partial charge on any atom is -0.493 e. The van der Waals surface area contributed by atoms with Crippen LogP contribution in [0.15, 0.2) is 45.8 Å². The van der Waals surface area contributed by atoms with Gasteiger partial charge in [-0.05, 0) is 58.6 Å². The Kier molecular flexibility index (Phi) is 9.82. The molecule has 10 heteroatoms. The molecule has 1 amide bonds. The molecule has 1 aliphatic rings. The number of aliphatic carboxylic acids is 1. The number of carbonyl (C=O) groups excluding carboxylic acids is 1. The number of rotatable bonds is 11. The van der Waals surface area contributed by atoms with Gasteiger partial charge in [0.1, 0.15) is 10.9 Å². The molecule has 0 spiro atoms. The van der Waals surface area contributed by atoms with E-state index in [9.17, 15) is 9.59 Å². The Morgan fingerprint density at radius 3 is 2.74 bits per heavy atom. The third-order valence-electron chi connectivity index (χ3n) is 5.03. The summed E-state index contributed by atoms with van der Waals surface area (Å²) in [6.45, 7) is 0.753. The molecule has 3 rings (SSSR count). The number of hydrogen-bond acceptors (Lipinski definition) is 6. The van der Waals surface area contributed by atoms with E-state index in [4.69, 9.17) is 38.4 Å². The molecule has 34 heavy (non-hydrogen) atoms. The molecule has 0 aliphatic carbocycles. The van der Waals surface area contributed by atoms with Crippen molar-refractivity contribution in [2.45, 2.75) is 32.3 Å². The zero-order valence-electron chi connectivity index (χ0n) is 18.4. The summed E-state index contributed by atoms with van der Waals surface area (Å²) in [5.41, 5.74) is 1.62. The first-order valence-electron chi connectivity index (χ1n) is 10.5. The maximum absolute atomic E-state index is 12.9. The number of hydrogen-bond donors (Lipinski definition) is 1. The molecule has 1 saturated heterocycles. The van der Waals surface area contributed by atoms with Gasteiger partial charge in [0, 0.05) is 23.6 Å². The average molecular weight is 585 g/mol. The summed E-state index contributed by atoms with van der Waals surface area (Å²) in [5.74, 6) is 0.0906. The molecule has 1 N–H and O–H groups in total. The van der Waals surface area contributed by atoms with Crippen LogP contribution in [0.3, 0.4) is 0 Å². The summed E-state index contributed by atoms with van der Waals surface area (Å²) in [6.07, 6.45) is 3.91. The van der Waals surface area contributed by atoms with E-state index in [1.807, 2.05) is 30.3 Å². The van der Waals surface area contributed by atoms with E-state index < -0.39 is 5.97 Å². The molecule has 1 heterocycles. The molecule has 0 saturated carbocycles. The van der Waals surface area contributed by atoms with Gasteiger partial charge in [-0.1, -0.05) is 60.2 Å². The van der Waals surface area contributed by atoms with Crippen LogP contribution in [0, 0.1) is 0 Å². The smallest absolute Gasteiger partial charge is 0.303 e. The maximum Gasteiger partial charge on any atom is 0.303 e. The van der Waals surface area contributed by atoms with E-state index in [0.29, 0.717) is 49.6 Å². The SMILES string of the molecule is COc1cc(/C=C2\SC(=S)N(CCCCCC(=O)O)C2=O)cc(Br)c1OCc1ccccc1Cl. The van der Waals surface area contributed by atoms with Gasteiger partial charge in [-0.2, -0.15) is 0 Å². The van der Waals surface area contributed by atoms with Crippen LogP contribution in [0.25, 0.3) is 6.08 Å². The standard InChI is InChI=1S/C24H23BrClNO5S2/c1-31-19-12-15(11-17(25)22(19)32-14-16-7-4-5-8-18(16)26)13-20-23(30)27(24(33)34-20)10-6-2-3-9-21(28)29/h4-5,7-8,11-13H,2-3,6,9-10,14H2,1H3,(H,28,29)/b20-13-. The average Bonchev–Trinajstić information content (AvgIpc) is 3.05. The van der Waals surface area contributed by atoms with Crippen LogP contribution in [0.1, 0.15) is 36.8 Å². The van der Waals surface area contributed by atoms with Crippen molar-refractivity contribution in [3.63, 3.8) is 0 Å². The lowest BCUT2D eigenvalue weighted by molar-refractivity contribution is -0.137. The number of thiocarbonyl (C=S) groups is 1. The Hall–Kier alpha value is -2.07. The van der Waals surface area contributed by atoms with Crippen molar-refractivity contribution in [2.24, 2.45) is 0 Å². The fourth-order valence-electron chi connectivity index (χ4n) is 3.30. The predicted molar refractivity (Wildman–Crippen MR) is 142 cm³/mol. The molecule has 1 fully saturated rings. The van der Waals surface area contributed by atoms with Gasteiger partial charge in [0.2, 0.25) is 0 Å². The van der Waals surface area contributed by atoms with Crippen LogP contribution in [0.4, 0.5) is 0 Å². The van der Waals surface area contributed by atoms with Gasteiger partial charge in [0.15, 0.2) is 11.5 Å². The van der Waals surface area contributed by atoms with Crippen molar-refractivity contribution in [1.82, 2.24) is 4.90 Å². The Bertz CT molecular complexity index is 1120. The molecule has 0 bridgehead atoms. The number of halogens is 2. The molecular formula is C24H23BrClNO5S2. The van der Waals surface area contributed by atoms with Crippen LogP contribution >= 0.6 is 51.5 Å². The van der Waals surface area contributed by atoms with Crippen molar-refractivity contribution >= 4 is 73.8 Å². The van der Waals surface area contributed by atoms with Crippen molar-refractivity contribution in [2.75, 3.05) is 13.7 Å². The van der Waals surface area contributed by atoms with E-state index in [1.54, 1.807) is 24.2 Å². The third-order valence-corrected chi connectivity index (χ3v) is 7.36. The highest BCUT2D eigenvalue weighted by molar-refractivity contribution is 9.10. The number of carboxylic acid groups (broad SMARTS) is 1. The molecule has 0 unspecified atom stereocenters. The Morgan fingerprint density at radius 2 is 2.03 bits per heavy atom. The number of carboxylic acids is 1. The number of unbranched alkanes of at least 4 members (excludes halogenated alkanes) is 2. The highest BCUT2D eigenvalue weighted by Crippen LogP contribution is 2.39. The molecule has 6 nitrogen and oxygen atoms in total. The van der Waals surface area contributed by atoms with E-state index in [0.717, 1.165) is 17.5 Å². The van der Waals surface area contributed by atoms with Crippen LogP contribution < -0.4 is 9.47 Å². The zero-order chi connectivity index (χ0) is 24.7. The summed E-state index contributed by atoms with van der Waals surface area (Å²) >= 11 is 16.4. The number of amides is 1. The van der Waals surface area contributed by atoms with Crippen LogP contribution in [0.5, 0.6) is 11.5 Å². The topological polar surface area (TPSA) is 76.1 Å². The molecule has 2 aromatic carbocycles. The van der Waals surface area contributed by atoms with Gasteiger partial charge < -0.3 is 14.6 Å². The Balaban J connectivity index is 1.69. The van der Waals surface area contributed by atoms with Gasteiger partial charge >= 0.3 is 5.97 Å². The van der Waals surface area contributed by atoms with Crippen molar-refractivity contribution in [3.05, 3.63) is 61.9 Å². The molecule has 1 aliphatic heterocycles. The van der Waals surface area contributed by atoms with Gasteiger partial charge in [0.05, 0.1) is 16.5 Å². The Morgan fingerprint density at radius 1 is 1.26 bits per heavy atom. The third kappa shape index (κ3) is 6.97. The van der Waals surface area contributed by atoms with E-state index in [2.05, 4.69) is 15.9 Å². The summed E-state index contributed by atoms with van der Waals surface area (Å²) < 4.78 is 12.7. The minimum absolute atomic E-state index is 0.132. The number of methoxy groups -OCH3 is 1. The van der Waals surface area contributed by atoms with Crippen LogP contribution in [0.2, 0.25) is 5.02 Å². The maximum atomic E-state index is 12.9. The predicted octanol–water partition coefficient (Wildman–Crippen LogP) is 6.54. The summed E-state index contributed by atoms with van der Waals surface area (Å²) in [7, 11) is 1.55. The van der Waals surface area contributed by atoms with Crippen molar-refractivity contribution < 1.29 is 24.2 Å².